The van der Waals surface area contributed by atoms with Gasteiger partial charge in [-0.2, -0.15) is 0 Å². The van der Waals surface area contributed by atoms with Crippen LogP contribution in [0.4, 0.5) is 5.69 Å². The summed E-state index contributed by atoms with van der Waals surface area (Å²) in [7, 11) is 0. The number of nitrogens with one attached hydrogen (secondary N) is 2. The van der Waals surface area contributed by atoms with Crippen LogP contribution >= 0.6 is 0 Å². The first-order chi connectivity index (χ1) is 15.6. The van der Waals surface area contributed by atoms with E-state index in [9.17, 15) is 19.7 Å². The van der Waals surface area contributed by atoms with Crippen LogP contribution in [0.3, 0.4) is 0 Å². The first-order valence-electron chi connectivity index (χ1n) is 10.3. The van der Waals surface area contributed by atoms with Gasteiger partial charge in [-0.15, -0.1) is 0 Å². The van der Waals surface area contributed by atoms with E-state index >= 15 is 0 Å². The number of furan rings is 1. The number of hydrogen-bond acceptors (Lipinski definition) is 5. The third-order valence-corrected chi connectivity index (χ3v) is 4.90. The number of nitrogens with zero attached hydrogens (tertiary/aromatic N) is 1. The summed E-state index contributed by atoms with van der Waals surface area (Å²) in [6, 6.07) is 16.3. The minimum atomic E-state index is -0.558. The lowest BCUT2D eigenvalue weighted by Crippen LogP contribution is -2.34. The maximum absolute atomic E-state index is 12.9. The summed E-state index contributed by atoms with van der Waals surface area (Å²) < 4.78 is 5.22. The Kier molecular flexibility index (Phi) is 7.07. The fourth-order valence-corrected chi connectivity index (χ4v) is 3.05. The second-order valence-electron chi connectivity index (χ2n) is 8.45. The van der Waals surface area contributed by atoms with Crippen LogP contribution in [0.5, 0.6) is 0 Å². The average Bonchev–Trinajstić information content (AvgIpc) is 3.30. The molecule has 0 bridgehead atoms. The summed E-state index contributed by atoms with van der Waals surface area (Å²) in [4.78, 5) is 36.3. The van der Waals surface area contributed by atoms with Crippen LogP contribution in [-0.4, -0.2) is 16.7 Å². The Morgan fingerprint density at radius 2 is 1.79 bits per heavy atom. The van der Waals surface area contributed by atoms with E-state index in [1.807, 2.05) is 12.1 Å². The van der Waals surface area contributed by atoms with E-state index in [0.29, 0.717) is 16.9 Å². The number of non-ortho nitro benzene ring substituents is 1. The van der Waals surface area contributed by atoms with Crippen LogP contribution in [0.1, 0.15) is 48.0 Å². The molecule has 0 aliphatic carbocycles. The van der Waals surface area contributed by atoms with Crippen LogP contribution in [-0.2, 0) is 16.8 Å². The first kappa shape index (κ1) is 23.5. The molecule has 2 aromatic carbocycles. The summed E-state index contributed by atoms with van der Waals surface area (Å²) in [5.41, 5.74) is 1.62. The van der Waals surface area contributed by atoms with Gasteiger partial charge in [0.15, 0.2) is 0 Å². The summed E-state index contributed by atoms with van der Waals surface area (Å²) in [6.07, 6.45) is 2.89. The predicted octanol–water partition coefficient (Wildman–Crippen LogP) is 4.57. The van der Waals surface area contributed by atoms with Crippen LogP contribution in [0, 0.1) is 10.1 Å². The van der Waals surface area contributed by atoms with Crippen LogP contribution < -0.4 is 10.6 Å². The van der Waals surface area contributed by atoms with E-state index in [4.69, 9.17) is 4.42 Å². The van der Waals surface area contributed by atoms with Crippen LogP contribution in [0.2, 0.25) is 0 Å². The largest absolute Gasteiger partial charge is 0.467 e. The standard InChI is InChI=1S/C25H25N3O5/c1-25(2,3)19-11-9-18(10-12-19)23(29)27-22(24(30)26-16-21-8-5-13-33-21)15-17-6-4-7-20(14-17)28(31)32/h4-15H,16H2,1-3H3,(H,26,30)(H,27,29)/b22-15-. The molecule has 2 N–H and O–H groups in total. The van der Waals surface area contributed by atoms with Gasteiger partial charge in [0.25, 0.3) is 17.5 Å². The van der Waals surface area contributed by atoms with Gasteiger partial charge in [0.05, 0.1) is 17.7 Å². The van der Waals surface area contributed by atoms with Gasteiger partial charge in [-0.25, -0.2) is 0 Å². The van der Waals surface area contributed by atoms with Crippen molar-refractivity contribution in [2.45, 2.75) is 32.7 Å². The minimum Gasteiger partial charge on any atom is -0.467 e. The Hall–Kier alpha value is -4.20. The van der Waals surface area contributed by atoms with Gasteiger partial charge >= 0.3 is 0 Å². The predicted molar refractivity (Wildman–Crippen MR) is 124 cm³/mol. The molecular formula is C25H25N3O5. The van der Waals surface area contributed by atoms with Gasteiger partial charge in [0, 0.05) is 17.7 Å². The number of nitro groups is 1. The Labute approximate surface area is 191 Å². The van der Waals surface area contributed by atoms with Crippen LogP contribution in [0.15, 0.2) is 77.0 Å². The topological polar surface area (TPSA) is 114 Å². The number of hydrogen-bond donors (Lipinski definition) is 2. The molecule has 0 radical (unpaired) electrons. The highest BCUT2D eigenvalue weighted by molar-refractivity contribution is 6.05. The number of carbonyl (C=O) groups excluding carboxylic acids is 2. The van der Waals surface area contributed by atoms with Crippen molar-refractivity contribution in [3.05, 3.63) is 105 Å². The van der Waals surface area contributed by atoms with Gasteiger partial charge < -0.3 is 15.1 Å². The molecule has 8 heteroatoms. The molecule has 0 fully saturated rings. The van der Waals surface area contributed by atoms with Crippen molar-refractivity contribution in [3.63, 3.8) is 0 Å². The lowest BCUT2D eigenvalue weighted by Gasteiger charge is -2.19. The summed E-state index contributed by atoms with van der Waals surface area (Å²) >= 11 is 0. The highest BCUT2D eigenvalue weighted by Gasteiger charge is 2.18. The molecule has 0 saturated carbocycles. The van der Waals surface area contributed by atoms with E-state index in [1.54, 1.807) is 30.3 Å². The maximum Gasteiger partial charge on any atom is 0.270 e. The smallest absolute Gasteiger partial charge is 0.270 e. The van der Waals surface area contributed by atoms with E-state index in [2.05, 4.69) is 31.4 Å². The monoisotopic (exact) mass is 447 g/mol. The summed E-state index contributed by atoms with van der Waals surface area (Å²) in [6.45, 7) is 6.34. The molecule has 0 aliphatic rings. The molecule has 0 atom stereocenters. The molecule has 33 heavy (non-hydrogen) atoms. The van der Waals surface area contributed by atoms with E-state index < -0.39 is 16.7 Å². The quantitative estimate of drug-likeness (QED) is 0.313. The summed E-state index contributed by atoms with van der Waals surface area (Å²) in [5.74, 6) is -0.486. The number of amides is 2. The minimum absolute atomic E-state index is 0.0491. The Balaban J connectivity index is 1.85. The van der Waals surface area contributed by atoms with Crippen molar-refractivity contribution in [2.75, 3.05) is 0 Å². The molecule has 8 nitrogen and oxygen atoms in total. The fraction of sp³-hybridized carbons (Fsp3) is 0.200. The molecular weight excluding hydrogens is 422 g/mol. The zero-order valence-corrected chi connectivity index (χ0v) is 18.6. The van der Waals surface area contributed by atoms with Crippen molar-refractivity contribution in [1.82, 2.24) is 10.6 Å². The van der Waals surface area contributed by atoms with Gasteiger partial charge in [0.2, 0.25) is 0 Å². The van der Waals surface area contributed by atoms with Gasteiger partial charge in [0.1, 0.15) is 11.5 Å². The molecule has 1 aromatic heterocycles. The average molecular weight is 447 g/mol. The Bertz CT molecular complexity index is 1170. The Morgan fingerprint density at radius 1 is 1.06 bits per heavy atom. The van der Waals surface area contributed by atoms with Crippen molar-refractivity contribution in [2.24, 2.45) is 0 Å². The number of carbonyl (C=O) groups is 2. The number of benzene rings is 2. The maximum atomic E-state index is 12.9. The van der Waals surface area contributed by atoms with Crippen molar-refractivity contribution in [1.29, 1.82) is 0 Å². The number of rotatable bonds is 7. The zero-order chi connectivity index (χ0) is 24.0. The molecule has 0 unspecified atom stereocenters. The molecule has 170 valence electrons. The van der Waals surface area contributed by atoms with Gasteiger partial charge in [-0.1, -0.05) is 45.0 Å². The molecule has 0 spiro atoms. The van der Waals surface area contributed by atoms with Crippen LogP contribution in [0.25, 0.3) is 6.08 Å². The molecule has 1 heterocycles. The molecule has 2 amide bonds. The second-order valence-corrected chi connectivity index (χ2v) is 8.45. The van der Waals surface area contributed by atoms with E-state index in [0.717, 1.165) is 5.56 Å². The zero-order valence-electron chi connectivity index (χ0n) is 18.6. The van der Waals surface area contributed by atoms with Crippen molar-refractivity contribution in [3.8, 4) is 0 Å². The SMILES string of the molecule is CC(C)(C)c1ccc(C(=O)N/C(=C\c2cccc([N+](=O)[O-])c2)C(=O)NCc2ccco2)cc1. The fourth-order valence-electron chi connectivity index (χ4n) is 3.05. The third-order valence-electron chi connectivity index (χ3n) is 4.90. The van der Waals surface area contributed by atoms with E-state index in [-0.39, 0.29) is 23.3 Å². The molecule has 3 rings (SSSR count). The normalized spacial score (nSPS) is 11.7. The highest BCUT2D eigenvalue weighted by Crippen LogP contribution is 2.22. The molecule has 0 saturated heterocycles. The Morgan fingerprint density at radius 3 is 2.39 bits per heavy atom. The van der Waals surface area contributed by atoms with Gasteiger partial charge in [-0.3, -0.25) is 19.7 Å². The second kappa shape index (κ2) is 9.95. The number of nitro benzene ring substituents is 1. The highest BCUT2D eigenvalue weighted by atomic mass is 16.6. The molecule has 3 aromatic rings. The van der Waals surface area contributed by atoms with Crippen molar-refractivity contribution >= 4 is 23.6 Å². The van der Waals surface area contributed by atoms with Gasteiger partial charge in [-0.05, 0) is 46.9 Å². The third kappa shape index (κ3) is 6.39. The van der Waals surface area contributed by atoms with E-state index in [1.165, 1.54) is 30.5 Å². The van der Waals surface area contributed by atoms with Crippen molar-refractivity contribution < 1.29 is 18.9 Å². The lowest BCUT2D eigenvalue weighted by atomic mass is 9.87. The molecule has 0 aliphatic heterocycles. The lowest BCUT2D eigenvalue weighted by molar-refractivity contribution is -0.384. The first-order valence-corrected chi connectivity index (χ1v) is 10.3. The summed E-state index contributed by atoms with van der Waals surface area (Å²) in [5, 5.41) is 16.4.